The zero-order chi connectivity index (χ0) is 18.1. The number of hydrogen-bond acceptors (Lipinski definition) is 2. The molecule has 0 heterocycles. The molecular weight excluding hydrogens is 330 g/mol. The summed E-state index contributed by atoms with van der Waals surface area (Å²) in [5.41, 5.74) is 3.54. The Hall–Kier alpha value is -2.11. The Morgan fingerprint density at radius 1 is 0.960 bits per heavy atom. The molecule has 0 atom stereocenters. The van der Waals surface area contributed by atoms with Crippen LogP contribution in [0.25, 0.3) is 0 Å². The number of benzene rings is 2. The molecule has 2 aromatic rings. The predicted octanol–water partition coefficient (Wildman–Crippen LogP) is 2.61. The van der Waals surface area contributed by atoms with E-state index < -0.39 is 0 Å². The maximum absolute atomic E-state index is 5.35. The molecule has 3 N–H and O–H groups in total. The quantitative estimate of drug-likeness (QED) is 0.634. The number of thiocarbonyl (C=S) groups is 1. The van der Waals surface area contributed by atoms with Crippen LogP contribution in [0.5, 0.6) is 5.75 Å². The molecule has 0 aliphatic carbocycles. The van der Waals surface area contributed by atoms with E-state index in [2.05, 4.69) is 48.7 Å². The summed E-state index contributed by atoms with van der Waals surface area (Å²) in [6.45, 7) is 8.57. The van der Waals surface area contributed by atoms with Crippen molar-refractivity contribution in [1.82, 2.24) is 5.32 Å². The van der Waals surface area contributed by atoms with Crippen LogP contribution >= 0.6 is 12.2 Å². The average molecular weight is 359 g/mol. The van der Waals surface area contributed by atoms with Crippen LogP contribution in [-0.2, 0) is 13.1 Å². The smallest absolute Gasteiger partial charge is 0.171 e. The van der Waals surface area contributed by atoms with Gasteiger partial charge in [0.1, 0.15) is 12.3 Å². The minimum atomic E-state index is 0.613. The lowest BCUT2D eigenvalue weighted by molar-refractivity contribution is -0.910. The van der Waals surface area contributed by atoms with Crippen molar-refractivity contribution in [3.8, 4) is 5.75 Å². The van der Waals surface area contributed by atoms with Crippen LogP contribution in [0.1, 0.15) is 25.0 Å². The topological polar surface area (TPSA) is 37.7 Å². The predicted molar refractivity (Wildman–Crippen MR) is 108 cm³/mol. The Morgan fingerprint density at radius 3 is 2.12 bits per heavy atom. The maximum atomic E-state index is 5.35. The number of quaternary nitrogens is 1. The van der Waals surface area contributed by atoms with Crippen LogP contribution in [0.15, 0.2) is 48.5 Å². The van der Waals surface area contributed by atoms with Crippen molar-refractivity contribution in [1.29, 1.82) is 0 Å². The molecule has 0 aliphatic heterocycles. The van der Waals surface area contributed by atoms with Gasteiger partial charge in [-0.1, -0.05) is 24.3 Å². The number of rotatable bonds is 8. The minimum Gasteiger partial charge on any atom is -0.497 e. The van der Waals surface area contributed by atoms with Gasteiger partial charge in [-0.05, 0) is 55.9 Å². The van der Waals surface area contributed by atoms with E-state index in [4.69, 9.17) is 17.0 Å². The van der Waals surface area contributed by atoms with Crippen molar-refractivity contribution in [3.63, 3.8) is 0 Å². The second-order valence-electron chi connectivity index (χ2n) is 5.99. The third-order valence-corrected chi connectivity index (χ3v) is 4.52. The van der Waals surface area contributed by atoms with Crippen LogP contribution in [0, 0.1) is 0 Å². The molecule has 25 heavy (non-hydrogen) atoms. The van der Waals surface area contributed by atoms with Crippen LogP contribution in [-0.4, -0.2) is 25.3 Å². The van der Waals surface area contributed by atoms with E-state index in [1.165, 1.54) is 11.1 Å². The van der Waals surface area contributed by atoms with Crippen LogP contribution in [0.4, 0.5) is 5.69 Å². The Balaban J connectivity index is 1.80. The highest BCUT2D eigenvalue weighted by atomic mass is 32.1. The molecule has 0 radical (unpaired) electrons. The summed E-state index contributed by atoms with van der Waals surface area (Å²) < 4.78 is 5.15. The standard InChI is InChI=1S/C20H27N3OS/c1-4-23(5-2)15-17-8-6-16(7-9-17)14-21-20(25)22-18-10-12-19(24-3)13-11-18/h6-13H,4-5,14-15H2,1-3H3,(H2,21,22,25)/p+1. The zero-order valence-electron chi connectivity index (χ0n) is 15.3. The highest BCUT2D eigenvalue weighted by molar-refractivity contribution is 7.80. The van der Waals surface area contributed by atoms with E-state index in [9.17, 15) is 0 Å². The lowest BCUT2D eigenvalue weighted by Gasteiger charge is -2.15. The van der Waals surface area contributed by atoms with Crippen LogP contribution in [0.3, 0.4) is 0 Å². The average Bonchev–Trinajstić information content (AvgIpc) is 2.66. The molecule has 0 fully saturated rings. The summed E-state index contributed by atoms with van der Waals surface area (Å²) >= 11 is 5.35. The van der Waals surface area contributed by atoms with E-state index in [-0.39, 0.29) is 0 Å². The van der Waals surface area contributed by atoms with Gasteiger partial charge in [-0.15, -0.1) is 0 Å². The van der Waals surface area contributed by atoms with Crippen molar-refractivity contribution < 1.29 is 9.64 Å². The molecule has 4 nitrogen and oxygen atoms in total. The zero-order valence-corrected chi connectivity index (χ0v) is 16.1. The van der Waals surface area contributed by atoms with Crippen molar-refractivity contribution in [3.05, 3.63) is 59.7 Å². The normalized spacial score (nSPS) is 10.6. The summed E-state index contributed by atoms with van der Waals surface area (Å²) in [6.07, 6.45) is 0. The first kappa shape index (κ1) is 19.2. The van der Waals surface area contributed by atoms with Gasteiger partial charge in [-0.25, -0.2) is 0 Å². The number of nitrogens with one attached hydrogen (secondary N) is 3. The monoisotopic (exact) mass is 358 g/mol. The number of methoxy groups -OCH3 is 1. The summed E-state index contributed by atoms with van der Waals surface area (Å²) in [5.74, 6) is 0.830. The highest BCUT2D eigenvalue weighted by Crippen LogP contribution is 2.14. The molecule has 0 amide bonds. The Labute approximate surface area is 156 Å². The third-order valence-electron chi connectivity index (χ3n) is 4.28. The summed E-state index contributed by atoms with van der Waals surface area (Å²) in [5, 5.41) is 7.03. The fourth-order valence-corrected chi connectivity index (χ4v) is 2.79. The molecule has 0 saturated heterocycles. The van der Waals surface area contributed by atoms with Gasteiger partial charge in [0.15, 0.2) is 5.11 Å². The molecule has 0 spiro atoms. The minimum absolute atomic E-state index is 0.613. The Kier molecular flexibility index (Phi) is 7.70. The van der Waals surface area contributed by atoms with Gasteiger partial charge in [0.25, 0.3) is 0 Å². The van der Waals surface area contributed by atoms with Crippen LogP contribution < -0.4 is 20.3 Å². The number of hydrogen-bond donors (Lipinski definition) is 3. The lowest BCUT2D eigenvalue weighted by atomic mass is 10.1. The van der Waals surface area contributed by atoms with Gasteiger partial charge in [0.05, 0.1) is 20.2 Å². The first-order valence-electron chi connectivity index (χ1n) is 8.74. The Morgan fingerprint density at radius 2 is 1.56 bits per heavy atom. The first-order chi connectivity index (χ1) is 12.1. The maximum Gasteiger partial charge on any atom is 0.171 e. The molecule has 0 unspecified atom stereocenters. The molecule has 0 aromatic heterocycles. The van der Waals surface area contributed by atoms with Gasteiger partial charge in [-0.2, -0.15) is 0 Å². The lowest BCUT2D eigenvalue weighted by Crippen LogP contribution is -3.10. The van der Waals surface area contributed by atoms with Gasteiger partial charge in [-0.3, -0.25) is 0 Å². The molecule has 0 saturated carbocycles. The van der Waals surface area contributed by atoms with Crippen LogP contribution in [0.2, 0.25) is 0 Å². The van der Waals surface area contributed by atoms with E-state index >= 15 is 0 Å². The fourth-order valence-electron chi connectivity index (χ4n) is 2.60. The SMILES string of the molecule is CC[NH+](CC)Cc1ccc(CNC(=S)Nc2ccc(OC)cc2)cc1. The van der Waals surface area contributed by atoms with Gasteiger partial charge >= 0.3 is 0 Å². The van der Waals surface area contributed by atoms with Crippen molar-refractivity contribution in [2.24, 2.45) is 0 Å². The summed E-state index contributed by atoms with van der Waals surface area (Å²) in [6, 6.07) is 16.4. The number of anilines is 1. The molecule has 2 aromatic carbocycles. The Bertz CT molecular complexity index is 652. The molecule has 134 valence electrons. The molecule has 0 aliphatic rings. The summed E-state index contributed by atoms with van der Waals surface area (Å²) in [7, 11) is 1.66. The summed E-state index contributed by atoms with van der Waals surface area (Å²) in [4.78, 5) is 1.59. The third kappa shape index (κ3) is 6.36. The van der Waals surface area contributed by atoms with E-state index in [1.54, 1.807) is 12.0 Å². The molecular formula is C20H28N3OS+. The first-order valence-corrected chi connectivity index (χ1v) is 9.15. The van der Waals surface area contributed by atoms with E-state index in [1.807, 2.05) is 24.3 Å². The highest BCUT2D eigenvalue weighted by Gasteiger charge is 2.04. The second kappa shape index (κ2) is 10.0. The second-order valence-corrected chi connectivity index (χ2v) is 6.39. The van der Waals surface area contributed by atoms with E-state index in [0.717, 1.165) is 31.1 Å². The largest absolute Gasteiger partial charge is 0.497 e. The fraction of sp³-hybridized carbons (Fsp3) is 0.350. The van der Waals surface area contributed by atoms with Crippen molar-refractivity contribution >= 4 is 23.0 Å². The van der Waals surface area contributed by atoms with E-state index in [0.29, 0.717) is 11.7 Å². The van der Waals surface area contributed by atoms with Gasteiger partial charge < -0.3 is 20.3 Å². The van der Waals surface area contributed by atoms with Crippen molar-refractivity contribution in [2.45, 2.75) is 26.9 Å². The molecule has 2 rings (SSSR count). The number of ether oxygens (including phenoxy) is 1. The molecule has 0 bridgehead atoms. The van der Waals surface area contributed by atoms with Gasteiger partial charge in [0.2, 0.25) is 0 Å². The molecule has 5 heteroatoms. The van der Waals surface area contributed by atoms with Crippen molar-refractivity contribution in [2.75, 3.05) is 25.5 Å². The van der Waals surface area contributed by atoms with Gasteiger partial charge in [0, 0.05) is 17.8 Å².